The Balaban J connectivity index is 1.26. The Morgan fingerprint density at radius 2 is 2.00 bits per heavy atom. The van der Waals surface area contributed by atoms with Crippen molar-refractivity contribution >= 4 is 16.9 Å². The lowest BCUT2D eigenvalue weighted by molar-refractivity contribution is -0.0695. The number of likely N-dealkylation sites (tertiary alicyclic amines) is 2. The molecule has 0 radical (unpaired) electrons. The molecule has 5 rings (SSSR count). The first kappa shape index (κ1) is 19.9. The van der Waals surface area contributed by atoms with Crippen molar-refractivity contribution in [3.8, 4) is 0 Å². The molecule has 1 atom stereocenters. The third kappa shape index (κ3) is 3.72. The van der Waals surface area contributed by atoms with E-state index in [2.05, 4.69) is 15.0 Å². The predicted molar refractivity (Wildman–Crippen MR) is 112 cm³/mol. The number of ether oxygens (including phenoxy) is 1. The zero-order valence-electron chi connectivity index (χ0n) is 17.7. The van der Waals surface area contributed by atoms with E-state index < -0.39 is 0 Å². The number of piperidine rings is 2. The number of nitrogens with zero attached hydrogens (tertiary/aromatic N) is 5. The van der Waals surface area contributed by atoms with E-state index in [1.165, 1.54) is 0 Å². The monoisotopic (exact) mass is 413 g/mol. The summed E-state index contributed by atoms with van der Waals surface area (Å²) in [6, 6.07) is 2.40. The van der Waals surface area contributed by atoms with E-state index in [1.807, 2.05) is 18.0 Å². The number of carbonyl (C=O) groups is 1. The lowest BCUT2D eigenvalue weighted by Gasteiger charge is -2.51. The highest BCUT2D eigenvalue weighted by molar-refractivity contribution is 5.96. The first-order valence-corrected chi connectivity index (χ1v) is 11.1. The van der Waals surface area contributed by atoms with Crippen LogP contribution in [0.4, 0.5) is 0 Å². The summed E-state index contributed by atoms with van der Waals surface area (Å²) < 4.78 is 7.27. The van der Waals surface area contributed by atoms with Crippen LogP contribution in [0.5, 0.6) is 0 Å². The molecule has 3 aliphatic rings. The van der Waals surface area contributed by atoms with Gasteiger partial charge in [-0.1, -0.05) is 0 Å². The summed E-state index contributed by atoms with van der Waals surface area (Å²) in [5.41, 5.74) is 2.40. The van der Waals surface area contributed by atoms with Crippen LogP contribution in [-0.4, -0.2) is 87.1 Å². The zero-order valence-corrected chi connectivity index (χ0v) is 17.7. The Morgan fingerprint density at radius 3 is 2.77 bits per heavy atom. The molecular formula is C22H31N5O3. The van der Waals surface area contributed by atoms with E-state index in [0.29, 0.717) is 11.6 Å². The number of aromatic nitrogens is 3. The SMILES string of the molecule is Cn1ncc2ncc(C(=O)N3CCC4(CC3)CC(O)CN(C3CCOCC3)C4)cc21. The average molecular weight is 414 g/mol. The van der Waals surface area contributed by atoms with Gasteiger partial charge in [0, 0.05) is 58.7 Å². The van der Waals surface area contributed by atoms with Gasteiger partial charge in [-0.3, -0.25) is 19.4 Å². The Bertz CT molecular complexity index is 915. The number of fused-ring (bicyclic) bond motifs is 1. The lowest BCUT2D eigenvalue weighted by Crippen LogP contribution is -2.57. The van der Waals surface area contributed by atoms with Gasteiger partial charge in [0.15, 0.2) is 0 Å². The minimum Gasteiger partial charge on any atom is -0.392 e. The van der Waals surface area contributed by atoms with Gasteiger partial charge in [-0.25, -0.2) is 0 Å². The summed E-state index contributed by atoms with van der Waals surface area (Å²) in [5, 5.41) is 14.8. The smallest absolute Gasteiger partial charge is 0.255 e. The lowest BCUT2D eigenvalue weighted by atomic mass is 9.71. The minimum atomic E-state index is -0.278. The summed E-state index contributed by atoms with van der Waals surface area (Å²) >= 11 is 0. The van der Waals surface area contributed by atoms with Gasteiger partial charge in [-0.15, -0.1) is 0 Å². The highest BCUT2D eigenvalue weighted by Gasteiger charge is 2.44. The molecule has 2 aromatic heterocycles. The van der Waals surface area contributed by atoms with Gasteiger partial charge in [-0.05, 0) is 43.6 Å². The molecule has 0 aliphatic carbocycles. The molecule has 3 fully saturated rings. The maximum atomic E-state index is 13.1. The Labute approximate surface area is 176 Å². The van der Waals surface area contributed by atoms with Crippen molar-refractivity contribution in [2.75, 3.05) is 39.4 Å². The maximum Gasteiger partial charge on any atom is 0.255 e. The van der Waals surface area contributed by atoms with Crippen molar-refractivity contribution in [1.29, 1.82) is 0 Å². The van der Waals surface area contributed by atoms with Crippen LogP contribution >= 0.6 is 0 Å². The van der Waals surface area contributed by atoms with Crippen LogP contribution in [0.1, 0.15) is 42.5 Å². The number of hydrogen-bond acceptors (Lipinski definition) is 6. The van der Waals surface area contributed by atoms with Gasteiger partial charge in [0.2, 0.25) is 0 Å². The highest BCUT2D eigenvalue weighted by Crippen LogP contribution is 2.41. The fraction of sp³-hybridized carbons (Fsp3) is 0.682. The van der Waals surface area contributed by atoms with Crippen LogP contribution in [0.15, 0.2) is 18.5 Å². The molecule has 1 amide bonds. The number of pyridine rings is 1. The summed E-state index contributed by atoms with van der Waals surface area (Å²) in [6.07, 6.45) is 7.93. The molecule has 0 aromatic carbocycles. The molecule has 0 bridgehead atoms. The Morgan fingerprint density at radius 1 is 1.23 bits per heavy atom. The molecule has 8 heteroatoms. The van der Waals surface area contributed by atoms with Gasteiger partial charge >= 0.3 is 0 Å². The second kappa shape index (κ2) is 7.90. The number of aryl methyl sites for hydroxylation is 1. The van der Waals surface area contributed by atoms with Gasteiger partial charge < -0.3 is 14.7 Å². The van der Waals surface area contributed by atoms with E-state index in [1.54, 1.807) is 17.1 Å². The van der Waals surface area contributed by atoms with Crippen LogP contribution in [0.25, 0.3) is 11.0 Å². The highest BCUT2D eigenvalue weighted by atomic mass is 16.5. The van der Waals surface area contributed by atoms with E-state index >= 15 is 0 Å². The normalized spacial score (nSPS) is 25.8. The molecule has 3 saturated heterocycles. The van der Waals surface area contributed by atoms with E-state index in [0.717, 1.165) is 82.5 Å². The van der Waals surface area contributed by atoms with E-state index in [-0.39, 0.29) is 17.4 Å². The topological polar surface area (TPSA) is 83.7 Å². The zero-order chi connectivity index (χ0) is 20.7. The molecule has 8 nitrogen and oxygen atoms in total. The number of β-amino-alcohol motifs (C(OH)–C–C–N with tert-alkyl or cyclic N) is 1. The van der Waals surface area contributed by atoms with Gasteiger partial charge in [0.1, 0.15) is 5.52 Å². The van der Waals surface area contributed by atoms with Gasteiger partial charge in [0.05, 0.1) is 23.4 Å². The maximum absolute atomic E-state index is 13.1. The minimum absolute atomic E-state index is 0.0399. The molecule has 2 aromatic rings. The summed E-state index contributed by atoms with van der Waals surface area (Å²) in [6.45, 7) is 4.90. The molecule has 5 heterocycles. The molecule has 30 heavy (non-hydrogen) atoms. The first-order chi connectivity index (χ1) is 14.5. The Hall–Kier alpha value is -2.03. The van der Waals surface area contributed by atoms with Crippen molar-refractivity contribution in [2.45, 2.75) is 44.2 Å². The molecule has 0 saturated carbocycles. The van der Waals surface area contributed by atoms with Crippen molar-refractivity contribution < 1.29 is 14.6 Å². The number of aliphatic hydroxyl groups excluding tert-OH is 1. The quantitative estimate of drug-likeness (QED) is 0.802. The Kier molecular flexibility index (Phi) is 5.24. The van der Waals surface area contributed by atoms with Crippen LogP contribution < -0.4 is 0 Å². The molecule has 3 aliphatic heterocycles. The second-order valence-corrected chi connectivity index (χ2v) is 9.32. The molecule has 1 unspecified atom stereocenters. The predicted octanol–water partition coefficient (Wildman–Crippen LogP) is 1.44. The molecule has 1 spiro atoms. The van der Waals surface area contributed by atoms with E-state index in [9.17, 15) is 9.90 Å². The molecule has 162 valence electrons. The van der Waals surface area contributed by atoms with Crippen LogP contribution in [-0.2, 0) is 11.8 Å². The summed E-state index contributed by atoms with van der Waals surface area (Å²) in [7, 11) is 1.86. The summed E-state index contributed by atoms with van der Waals surface area (Å²) in [4.78, 5) is 21.9. The van der Waals surface area contributed by atoms with Gasteiger partial charge in [0.25, 0.3) is 5.91 Å². The average Bonchev–Trinajstić information content (AvgIpc) is 3.14. The van der Waals surface area contributed by atoms with Crippen molar-refractivity contribution in [3.63, 3.8) is 0 Å². The number of rotatable bonds is 2. The van der Waals surface area contributed by atoms with Crippen molar-refractivity contribution in [1.82, 2.24) is 24.6 Å². The largest absolute Gasteiger partial charge is 0.392 e. The van der Waals surface area contributed by atoms with Crippen LogP contribution in [0.3, 0.4) is 0 Å². The fourth-order valence-electron chi connectivity index (χ4n) is 5.60. The van der Waals surface area contributed by atoms with Crippen LogP contribution in [0.2, 0.25) is 0 Å². The second-order valence-electron chi connectivity index (χ2n) is 9.32. The van der Waals surface area contributed by atoms with Crippen molar-refractivity contribution in [2.24, 2.45) is 12.5 Å². The fourth-order valence-corrected chi connectivity index (χ4v) is 5.60. The molecule has 1 N–H and O–H groups in total. The van der Waals surface area contributed by atoms with E-state index in [4.69, 9.17) is 4.74 Å². The third-order valence-electron chi connectivity index (χ3n) is 7.32. The standard InChI is InChI=1S/C22H31N5O3/c1-25-20-10-16(12-23-19(20)13-24-25)21(29)26-6-4-22(5-7-26)11-18(28)14-27(15-22)17-2-8-30-9-3-17/h10,12-13,17-18,28H,2-9,11,14-15H2,1H3. The summed E-state index contributed by atoms with van der Waals surface area (Å²) in [5.74, 6) is 0.0399. The number of hydrogen-bond donors (Lipinski definition) is 1. The number of aliphatic hydroxyl groups is 1. The van der Waals surface area contributed by atoms with Gasteiger partial charge in [-0.2, -0.15) is 5.10 Å². The number of amides is 1. The third-order valence-corrected chi connectivity index (χ3v) is 7.32. The number of carbonyl (C=O) groups excluding carboxylic acids is 1. The van der Waals surface area contributed by atoms with Crippen LogP contribution in [0, 0.1) is 5.41 Å². The first-order valence-electron chi connectivity index (χ1n) is 11.1. The molecular weight excluding hydrogens is 382 g/mol. The van der Waals surface area contributed by atoms with Crippen molar-refractivity contribution in [3.05, 3.63) is 24.0 Å².